The predicted molar refractivity (Wildman–Crippen MR) is 161 cm³/mol. The Labute approximate surface area is 243 Å². The molecule has 214 valence electrons. The first-order valence-electron chi connectivity index (χ1n) is 13.4. The summed E-state index contributed by atoms with van der Waals surface area (Å²) in [6.45, 7) is 9.83. The number of nitrogens with one attached hydrogen (secondary N) is 1. The zero-order valence-corrected chi connectivity index (χ0v) is 25.3. The van der Waals surface area contributed by atoms with Crippen molar-refractivity contribution in [3.63, 3.8) is 0 Å². The number of hydrogen-bond acceptors (Lipinski definition) is 4. The van der Waals surface area contributed by atoms with Crippen LogP contribution in [0.1, 0.15) is 43.9 Å². The van der Waals surface area contributed by atoms with Crippen LogP contribution in [0.4, 0.5) is 5.69 Å². The van der Waals surface area contributed by atoms with Crippen molar-refractivity contribution in [3.8, 4) is 0 Å². The second-order valence-corrected chi connectivity index (χ2v) is 12.7. The molecule has 0 aliphatic rings. The van der Waals surface area contributed by atoms with Gasteiger partial charge in [-0.15, -0.1) is 0 Å². The zero-order valence-electron chi connectivity index (χ0n) is 23.7. The summed E-state index contributed by atoms with van der Waals surface area (Å²) in [5.74, 6) is -0.505. The number of aryl methyl sites for hydroxylation is 2. The highest BCUT2D eigenvalue weighted by Gasteiger charge is 2.33. The zero-order chi connectivity index (χ0) is 29.4. The van der Waals surface area contributed by atoms with Crippen molar-refractivity contribution in [1.29, 1.82) is 0 Å². The lowest BCUT2D eigenvalue weighted by Crippen LogP contribution is -2.52. The van der Waals surface area contributed by atoms with Crippen LogP contribution in [0.2, 0.25) is 5.02 Å². The Bertz CT molecular complexity index is 1410. The maximum atomic E-state index is 14.1. The topological polar surface area (TPSA) is 86.8 Å². The predicted octanol–water partition coefficient (Wildman–Crippen LogP) is 5.73. The fraction of sp³-hybridized carbons (Fsp3) is 0.355. The lowest BCUT2D eigenvalue weighted by molar-refractivity contribution is -0.140. The number of sulfonamides is 1. The van der Waals surface area contributed by atoms with E-state index in [1.54, 1.807) is 18.2 Å². The third-order valence-corrected chi connectivity index (χ3v) is 8.55. The highest BCUT2D eigenvalue weighted by atomic mass is 35.5. The first-order chi connectivity index (χ1) is 18.9. The molecule has 3 aromatic rings. The van der Waals surface area contributed by atoms with E-state index in [-0.39, 0.29) is 23.3 Å². The molecule has 0 spiro atoms. The molecule has 3 aromatic carbocycles. The van der Waals surface area contributed by atoms with Crippen molar-refractivity contribution < 1.29 is 18.0 Å². The standard InChI is InChI=1S/C31H38ClN3O4S/c1-6-29(31(37)33-19-22(2)3)34(20-25-12-10-23(4)11-13-25)30(36)21-35(27-9-7-8-24(5)18-27)40(38,39)28-16-14-26(32)15-17-28/h7-18,22,29H,6,19-21H2,1-5H3,(H,33,37). The molecule has 0 aliphatic heterocycles. The highest BCUT2D eigenvalue weighted by molar-refractivity contribution is 7.92. The molecule has 0 saturated heterocycles. The summed E-state index contributed by atoms with van der Waals surface area (Å²) < 4.78 is 28.9. The highest BCUT2D eigenvalue weighted by Crippen LogP contribution is 2.26. The van der Waals surface area contributed by atoms with Gasteiger partial charge in [0.05, 0.1) is 10.6 Å². The van der Waals surface area contributed by atoms with Crippen LogP contribution in [0, 0.1) is 19.8 Å². The number of benzene rings is 3. The molecular formula is C31H38ClN3O4S. The quantitative estimate of drug-likeness (QED) is 0.295. The van der Waals surface area contributed by atoms with Gasteiger partial charge in [0, 0.05) is 18.1 Å². The minimum atomic E-state index is -4.14. The van der Waals surface area contributed by atoms with Crippen LogP contribution in [0.25, 0.3) is 0 Å². The van der Waals surface area contributed by atoms with Gasteiger partial charge in [-0.2, -0.15) is 0 Å². The van der Waals surface area contributed by atoms with Crippen molar-refractivity contribution in [2.24, 2.45) is 5.92 Å². The molecule has 2 amide bonds. The van der Waals surface area contributed by atoms with Crippen LogP contribution in [0.5, 0.6) is 0 Å². The van der Waals surface area contributed by atoms with Gasteiger partial charge < -0.3 is 10.2 Å². The molecule has 40 heavy (non-hydrogen) atoms. The molecule has 0 radical (unpaired) electrons. The van der Waals surface area contributed by atoms with E-state index in [1.165, 1.54) is 29.2 Å². The van der Waals surface area contributed by atoms with Crippen molar-refractivity contribution >= 4 is 39.1 Å². The Hall–Kier alpha value is -3.36. The van der Waals surface area contributed by atoms with E-state index in [0.717, 1.165) is 21.0 Å². The molecule has 0 heterocycles. The molecule has 0 aliphatic carbocycles. The first kappa shape index (κ1) is 31.2. The lowest BCUT2D eigenvalue weighted by Gasteiger charge is -2.33. The van der Waals surface area contributed by atoms with Gasteiger partial charge in [-0.05, 0) is 73.7 Å². The molecule has 0 aromatic heterocycles. The average Bonchev–Trinajstić information content (AvgIpc) is 2.91. The Balaban J connectivity index is 2.04. The number of carbonyl (C=O) groups excluding carboxylic acids is 2. The minimum absolute atomic E-state index is 0.0120. The normalized spacial score (nSPS) is 12.2. The summed E-state index contributed by atoms with van der Waals surface area (Å²) in [5.41, 5.74) is 3.12. The maximum Gasteiger partial charge on any atom is 0.264 e. The van der Waals surface area contributed by atoms with Crippen LogP contribution in [-0.4, -0.2) is 44.3 Å². The van der Waals surface area contributed by atoms with Crippen molar-refractivity contribution in [1.82, 2.24) is 10.2 Å². The molecule has 0 bridgehead atoms. The number of halogens is 1. The van der Waals surface area contributed by atoms with E-state index >= 15 is 0 Å². The molecule has 1 unspecified atom stereocenters. The fourth-order valence-corrected chi connectivity index (χ4v) is 5.81. The lowest BCUT2D eigenvalue weighted by atomic mass is 10.1. The molecular weight excluding hydrogens is 546 g/mol. The van der Waals surface area contributed by atoms with Crippen LogP contribution in [0.3, 0.4) is 0 Å². The Morgan fingerprint density at radius 1 is 0.925 bits per heavy atom. The molecule has 1 N–H and O–H groups in total. The third kappa shape index (κ3) is 8.08. The second kappa shape index (κ2) is 13.8. The van der Waals surface area contributed by atoms with Gasteiger partial charge in [0.25, 0.3) is 10.0 Å². The van der Waals surface area contributed by atoms with Crippen LogP contribution in [-0.2, 0) is 26.2 Å². The van der Waals surface area contributed by atoms with E-state index in [9.17, 15) is 18.0 Å². The van der Waals surface area contributed by atoms with Gasteiger partial charge in [-0.3, -0.25) is 13.9 Å². The van der Waals surface area contributed by atoms with Gasteiger partial charge in [0.2, 0.25) is 11.8 Å². The Kier molecular flexibility index (Phi) is 10.8. The number of carbonyl (C=O) groups is 2. The smallest absolute Gasteiger partial charge is 0.264 e. The maximum absolute atomic E-state index is 14.1. The first-order valence-corrected chi connectivity index (χ1v) is 15.2. The van der Waals surface area contributed by atoms with Gasteiger partial charge in [-0.1, -0.05) is 74.3 Å². The van der Waals surface area contributed by atoms with Crippen LogP contribution >= 0.6 is 11.6 Å². The number of anilines is 1. The molecule has 1 atom stereocenters. The van der Waals surface area contributed by atoms with Crippen LogP contribution in [0.15, 0.2) is 77.7 Å². The van der Waals surface area contributed by atoms with E-state index < -0.39 is 28.5 Å². The van der Waals surface area contributed by atoms with E-state index in [2.05, 4.69) is 5.32 Å². The summed E-state index contributed by atoms with van der Waals surface area (Å²) in [4.78, 5) is 28.8. The molecule has 3 rings (SSSR count). The SMILES string of the molecule is CCC(C(=O)NCC(C)C)N(Cc1ccc(C)cc1)C(=O)CN(c1cccc(C)c1)S(=O)(=O)c1ccc(Cl)cc1. The number of rotatable bonds is 12. The molecule has 0 saturated carbocycles. The number of nitrogens with zero attached hydrogens (tertiary/aromatic N) is 2. The molecule has 0 fully saturated rings. The fourth-order valence-electron chi connectivity index (χ4n) is 4.28. The van der Waals surface area contributed by atoms with Crippen molar-refractivity contribution in [2.75, 3.05) is 17.4 Å². The van der Waals surface area contributed by atoms with Gasteiger partial charge in [-0.25, -0.2) is 8.42 Å². The summed E-state index contributed by atoms with van der Waals surface area (Å²) in [6.07, 6.45) is 0.371. The van der Waals surface area contributed by atoms with Crippen molar-refractivity contribution in [2.45, 2.75) is 58.5 Å². The van der Waals surface area contributed by atoms with Gasteiger partial charge in [0.1, 0.15) is 12.6 Å². The summed E-state index contributed by atoms with van der Waals surface area (Å²) in [5, 5.41) is 3.34. The third-order valence-electron chi connectivity index (χ3n) is 6.51. The summed E-state index contributed by atoms with van der Waals surface area (Å²) in [7, 11) is -4.14. The number of amides is 2. The van der Waals surface area contributed by atoms with Crippen molar-refractivity contribution in [3.05, 3.63) is 94.5 Å². The van der Waals surface area contributed by atoms with Crippen LogP contribution < -0.4 is 9.62 Å². The summed E-state index contributed by atoms with van der Waals surface area (Å²) >= 11 is 6.01. The average molecular weight is 584 g/mol. The molecule has 9 heteroatoms. The van der Waals surface area contributed by atoms with E-state index in [1.807, 2.05) is 65.0 Å². The second-order valence-electron chi connectivity index (χ2n) is 10.4. The Morgan fingerprint density at radius 3 is 2.15 bits per heavy atom. The van der Waals surface area contributed by atoms with Gasteiger partial charge >= 0.3 is 0 Å². The van der Waals surface area contributed by atoms with E-state index in [4.69, 9.17) is 11.6 Å². The number of hydrogen-bond donors (Lipinski definition) is 1. The Morgan fingerprint density at radius 2 is 1.57 bits per heavy atom. The van der Waals surface area contributed by atoms with Gasteiger partial charge in [0.15, 0.2) is 0 Å². The molecule has 7 nitrogen and oxygen atoms in total. The summed E-state index contributed by atoms with van der Waals surface area (Å²) in [6, 6.07) is 19.8. The monoisotopic (exact) mass is 583 g/mol. The largest absolute Gasteiger partial charge is 0.354 e. The van der Waals surface area contributed by atoms with E-state index in [0.29, 0.717) is 23.7 Å². The minimum Gasteiger partial charge on any atom is -0.354 e.